The molecular weight excluding hydrogens is 424 g/mol. The first-order valence-corrected chi connectivity index (χ1v) is 12.0. The maximum Gasteiger partial charge on any atom is 0.320 e. The minimum absolute atomic E-state index is 0.171. The summed E-state index contributed by atoms with van der Waals surface area (Å²) in [6, 6.07) is 21.1. The summed E-state index contributed by atoms with van der Waals surface area (Å²) in [7, 11) is 0. The van der Waals surface area contributed by atoms with Gasteiger partial charge < -0.3 is 19.6 Å². The normalized spacial score (nSPS) is 16.9. The fraction of sp³-hybridized carbons (Fsp3) is 0.296. The molecule has 0 unspecified atom stereocenters. The first kappa shape index (κ1) is 20.7. The van der Waals surface area contributed by atoms with Crippen LogP contribution in [0.3, 0.4) is 0 Å². The third kappa shape index (κ3) is 3.98. The monoisotopic (exact) mass is 452 g/mol. The third-order valence-corrected chi connectivity index (χ3v) is 7.00. The number of piperazine rings is 2. The molecule has 2 aromatic heterocycles. The molecule has 0 spiro atoms. The molecule has 2 aliphatic rings. The molecule has 4 heterocycles. The number of carbonyl (C=O) groups excluding carboxylic acids is 1. The van der Waals surface area contributed by atoms with Crippen LogP contribution in [-0.4, -0.2) is 78.2 Å². The number of urea groups is 1. The number of anilines is 2. The Kier molecular flexibility index (Phi) is 5.37. The molecule has 0 N–H and O–H groups in total. The van der Waals surface area contributed by atoms with Crippen molar-refractivity contribution in [1.82, 2.24) is 19.8 Å². The van der Waals surface area contributed by atoms with E-state index in [2.05, 4.69) is 68.3 Å². The average molecular weight is 453 g/mol. The number of aromatic nitrogens is 2. The van der Waals surface area contributed by atoms with Crippen LogP contribution in [0.5, 0.6) is 0 Å². The van der Waals surface area contributed by atoms with E-state index in [-0.39, 0.29) is 6.03 Å². The fourth-order valence-electron chi connectivity index (χ4n) is 5.03. The van der Waals surface area contributed by atoms with E-state index >= 15 is 0 Å². The van der Waals surface area contributed by atoms with E-state index in [0.29, 0.717) is 0 Å². The molecule has 172 valence electrons. The van der Waals surface area contributed by atoms with Gasteiger partial charge in [0.25, 0.3) is 0 Å². The molecule has 2 aromatic carbocycles. The van der Waals surface area contributed by atoms with Crippen molar-refractivity contribution >= 4 is 39.2 Å². The lowest BCUT2D eigenvalue weighted by Crippen LogP contribution is -2.57. The molecule has 7 nitrogen and oxygen atoms in total. The smallest absolute Gasteiger partial charge is 0.320 e. The Balaban J connectivity index is 1.05. The molecule has 0 radical (unpaired) electrons. The Morgan fingerprint density at radius 2 is 1.03 bits per heavy atom. The number of carbonyl (C=O) groups is 1. The van der Waals surface area contributed by atoms with Gasteiger partial charge >= 0.3 is 6.03 Å². The lowest BCUT2D eigenvalue weighted by Gasteiger charge is -2.41. The highest BCUT2D eigenvalue weighted by atomic mass is 16.2. The van der Waals surface area contributed by atoms with E-state index in [1.165, 1.54) is 11.4 Å². The summed E-state index contributed by atoms with van der Waals surface area (Å²) in [4.78, 5) is 30.8. The minimum atomic E-state index is 0.171. The largest absolute Gasteiger partial charge is 0.368 e. The summed E-state index contributed by atoms with van der Waals surface area (Å²) < 4.78 is 0. The highest BCUT2D eigenvalue weighted by molar-refractivity contribution is 5.83. The van der Waals surface area contributed by atoms with Crippen molar-refractivity contribution in [2.45, 2.75) is 0 Å². The second-order valence-electron chi connectivity index (χ2n) is 8.99. The van der Waals surface area contributed by atoms with Crippen LogP contribution in [0.15, 0.2) is 73.1 Å². The highest BCUT2D eigenvalue weighted by Crippen LogP contribution is 2.24. The predicted molar refractivity (Wildman–Crippen MR) is 136 cm³/mol. The lowest BCUT2D eigenvalue weighted by molar-refractivity contribution is 0.147. The van der Waals surface area contributed by atoms with Crippen LogP contribution < -0.4 is 9.80 Å². The van der Waals surface area contributed by atoms with Crippen molar-refractivity contribution in [2.24, 2.45) is 0 Å². The molecule has 6 rings (SSSR count). The number of hydrogen-bond acceptors (Lipinski definition) is 5. The quantitative estimate of drug-likeness (QED) is 0.463. The van der Waals surface area contributed by atoms with Gasteiger partial charge in [-0.3, -0.25) is 9.97 Å². The summed E-state index contributed by atoms with van der Waals surface area (Å²) in [5.41, 5.74) is 4.43. The molecule has 2 amide bonds. The SMILES string of the molecule is O=C(N1CCN(c2ccc3ncccc3c2)CC1)N1CCN(c2ccc3ncccc3c2)CC1. The maximum absolute atomic E-state index is 13.2. The minimum Gasteiger partial charge on any atom is -0.368 e. The van der Waals surface area contributed by atoms with E-state index in [1.807, 2.05) is 34.3 Å². The molecule has 2 aliphatic heterocycles. The summed E-state index contributed by atoms with van der Waals surface area (Å²) in [6.07, 6.45) is 3.65. The zero-order valence-electron chi connectivity index (χ0n) is 19.2. The number of nitrogens with zero attached hydrogens (tertiary/aromatic N) is 6. The number of amides is 2. The Hall–Kier alpha value is -3.87. The molecule has 7 heteroatoms. The zero-order valence-corrected chi connectivity index (χ0v) is 19.2. The van der Waals surface area contributed by atoms with E-state index in [1.54, 1.807) is 0 Å². The van der Waals surface area contributed by atoms with Crippen molar-refractivity contribution in [2.75, 3.05) is 62.2 Å². The Morgan fingerprint density at radius 3 is 1.47 bits per heavy atom. The van der Waals surface area contributed by atoms with Gasteiger partial charge in [0.05, 0.1) is 11.0 Å². The molecule has 2 saturated heterocycles. The van der Waals surface area contributed by atoms with E-state index in [9.17, 15) is 4.79 Å². The van der Waals surface area contributed by atoms with E-state index < -0.39 is 0 Å². The van der Waals surface area contributed by atoms with Crippen molar-refractivity contribution in [1.29, 1.82) is 0 Å². The van der Waals surface area contributed by atoms with Crippen LogP contribution in [0.4, 0.5) is 16.2 Å². The van der Waals surface area contributed by atoms with Gasteiger partial charge in [-0.05, 0) is 48.5 Å². The van der Waals surface area contributed by atoms with Crippen molar-refractivity contribution in [3.8, 4) is 0 Å². The predicted octanol–water partition coefficient (Wildman–Crippen LogP) is 3.85. The van der Waals surface area contributed by atoms with Gasteiger partial charge in [0.2, 0.25) is 0 Å². The summed E-state index contributed by atoms with van der Waals surface area (Å²) in [6.45, 7) is 6.41. The van der Waals surface area contributed by atoms with Crippen molar-refractivity contribution < 1.29 is 4.79 Å². The standard InChI is InChI=1S/C27H28N6O/c34-27(32-15-11-30(12-16-32)23-5-7-25-21(19-23)3-1-9-28-25)33-17-13-31(14-18-33)24-6-8-26-22(20-24)4-2-10-29-26/h1-10,19-20H,11-18H2. The molecule has 2 fully saturated rings. The Bertz CT molecular complexity index is 1220. The van der Waals surface area contributed by atoms with Crippen LogP contribution in [0, 0.1) is 0 Å². The Labute approximate surface area is 199 Å². The topological polar surface area (TPSA) is 55.8 Å². The number of benzene rings is 2. The van der Waals surface area contributed by atoms with Crippen LogP contribution in [0.1, 0.15) is 0 Å². The van der Waals surface area contributed by atoms with Crippen molar-refractivity contribution in [3.05, 3.63) is 73.1 Å². The first-order chi connectivity index (χ1) is 16.7. The molecule has 34 heavy (non-hydrogen) atoms. The molecule has 0 saturated carbocycles. The lowest BCUT2D eigenvalue weighted by atomic mass is 10.1. The maximum atomic E-state index is 13.2. The number of hydrogen-bond donors (Lipinski definition) is 0. The van der Waals surface area contributed by atoms with E-state index in [4.69, 9.17) is 0 Å². The van der Waals surface area contributed by atoms with Gasteiger partial charge in [-0.25, -0.2) is 4.79 Å². The molecular formula is C27H28N6O. The molecule has 4 aromatic rings. The molecule has 0 aliphatic carbocycles. The van der Waals surface area contributed by atoms with Crippen LogP contribution in [0.25, 0.3) is 21.8 Å². The molecule has 0 atom stereocenters. The van der Waals surface area contributed by atoms with Crippen LogP contribution >= 0.6 is 0 Å². The van der Waals surface area contributed by atoms with Gasteiger partial charge in [0, 0.05) is 86.9 Å². The van der Waals surface area contributed by atoms with Crippen molar-refractivity contribution in [3.63, 3.8) is 0 Å². The number of fused-ring (bicyclic) bond motifs is 2. The average Bonchev–Trinajstić information content (AvgIpc) is 2.92. The van der Waals surface area contributed by atoms with Gasteiger partial charge in [-0.1, -0.05) is 12.1 Å². The third-order valence-electron chi connectivity index (χ3n) is 7.00. The second-order valence-corrected chi connectivity index (χ2v) is 8.99. The second kappa shape index (κ2) is 8.82. The molecule has 0 bridgehead atoms. The number of pyridine rings is 2. The van der Waals surface area contributed by atoms with E-state index in [0.717, 1.165) is 74.2 Å². The Morgan fingerprint density at radius 1 is 0.588 bits per heavy atom. The summed E-state index contributed by atoms with van der Waals surface area (Å²) in [5, 5.41) is 2.30. The van der Waals surface area contributed by atoms with Gasteiger partial charge in [-0.15, -0.1) is 0 Å². The first-order valence-electron chi connectivity index (χ1n) is 12.0. The van der Waals surface area contributed by atoms with Gasteiger partial charge in [0.1, 0.15) is 0 Å². The summed E-state index contributed by atoms with van der Waals surface area (Å²) in [5.74, 6) is 0. The van der Waals surface area contributed by atoms with Gasteiger partial charge in [0.15, 0.2) is 0 Å². The van der Waals surface area contributed by atoms with Crippen LogP contribution in [0.2, 0.25) is 0 Å². The highest BCUT2D eigenvalue weighted by Gasteiger charge is 2.28. The fourth-order valence-corrected chi connectivity index (χ4v) is 5.03. The van der Waals surface area contributed by atoms with Gasteiger partial charge in [-0.2, -0.15) is 0 Å². The zero-order chi connectivity index (χ0) is 22.9. The summed E-state index contributed by atoms with van der Waals surface area (Å²) >= 11 is 0. The van der Waals surface area contributed by atoms with Crippen LogP contribution in [-0.2, 0) is 0 Å². The number of rotatable bonds is 2.